The SMILES string of the molecule is C#Cc1ccc(N2CC(=O)N(Cc3ccc(Cl)cc3)C3(CC(C(N)=O)C3)C2=O)c(F)c1. The average molecular weight is 440 g/mol. The van der Waals surface area contributed by atoms with Gasteiger partial charge in [-0.3, -0.25) is 19.3 Å². The van der Waals surface area contributed by atoms with Crippen LogP contribution in [-0.4, -0.2) is 34.7 Å². The van der Waals surface area contributed by atoms with Crippen molar-refractivity contribution in [1.29, 1.82) is 0 Å². The van der Waals surface area contributed by atoms with Crippen LogP contribution in [0.25, 0.3) is 0 Å². The van der Waals surface area contributed by atoms with Crippen LogP contribution in [0.3, 0.4) is 0 Å². The Kier molecular flexibility index (Phi) is 5.19. The standard InChI is InChI=1S/C23H19ClFN3O3/c1-2-14-5-8-19(18(25)9-14)27-13-20(29)28(12-15-3-6-17(24)7-4-15)23(22(27)31)10-16(11-23)21(26)30/h1,3-9,16H,10-13H2,(H2,26,30). The Labute approximate surface area is 183 Å². The third-order valence-electron chi connectivity index (χ3n) is 5.98. The number of benzene rings is 2. The molecule has 1 aliphatic carbocycles. The zero-order valence-corrected chi connectivity index (χ0v) is 17.2. The Morgan fingerprint density at radius 1 is 1.23 bits per heavy atom. The largest absolute Gasteiger partial charge is 0.369 e. The average Bonchev–Trinajstić information content (AvgIpc) is 2.70. The monoisotopic (exact) mass is 439 g/mol. The molecule has 0 radical (unpaired) electrons. The molecule has 4 rings (SSSR count). The molecule has 2 aliphatic rings. The number of halogens is 2. The lowest BCUT2D eigenvalue weighted by atomic mass is 9.64. The van der Waals surface area contributed by atoms with Crippen LogP contribution in [0.2, 0.25) is 5.02 Å². The summed E-state index contributed by atoms with van der Waals surface area (Å²) in [4.78, 5) is 41.0. The van der Waals surface area contributed by atoms with E-state index in [1.54, 1.807) is 24.3 Å². The van der Waals surface area contributed by atoms with Crippen LogP contribution in [-0.2, 0) is 20.9 Å². The van der Waals surface area contributed by atoms with Gasteiger partial charge in [-0.15, -0.1) is 6.42 Å². The van der Waals surface area contributed by atoms with E-state index in [0.29, 0.717) is 10.6 Å². The molecule has 3 amide bonds. The summed E-state index contributed by atoms with van der Waals surface area (Å²) < 4.78 is 14.7. The minimum absolute atomic E-state index is 0.0228. The number of hydrogen-bond acceptors (Lipinski definition) is 3. The highest BCUT2D eigenvalue weighted by Gasteiger charge is 2.61. The number of carbonyl (C=O) groups is 3. The first-order valence-electron chi connectivity index (χ1n) is 9.67. The minimum Gasteiger partial charge on any atom is -0.369 e. The molecular formula is C23H19ClFN3O3. The van der Waals surface area contributed by atoms with Crippen molar-refractivity contribution < 1.29 is 18.8 Å². The molecule has 6 nitrogen and oxygen atoms in total. The van der Waals surface area contributed by atoms with Crippen LogP contribution in [0.1, 0.15) is 24.0 Å². The van der Waals surface area contributed by atoms with Gasteiger partial charge in [-0.1, -0.05) is 29.7 Å². The van der Waals surface area contributed by atoms with E-state index in [0.717, 1.165) is 16.5 Å². The fraction of sp³-hybridized carbons (Fsp3) is 0.261. The van der Waals surface area contributed by atoms with E-state index in [1.807, 2.05) is 0 Å². The number of nitrogens with zero attached hydrogens (tertiary/aromatic N) is 2. The second kappa shape index (κ2) is 7.71. The van der Waals surface area contributed by atoms with Gasteiger partial charge in [0, 0.05) is 23.0 Å². The van der Waals surface area contributed by atoms with Crippen molar-refractivity contribution in [2.45, 2.75) is 24.9 Å². The molecule has 0 atom stereocenters. The van der Waals surface area contributed by atoms with E-state index >= 15 is 0 Å². The van der Waals surface area contributed by atoms with Crippen molar-refractivity contribution >= 4 is 35.0 Å². The van der Waals surface area contributed by atoms with Crippen LogP contribution >= 0.6 is 11.6 Å². The third kappa shape index (κ3) is 3.53. The summed E-state index contributed by atoms with van der Waals surface area (Å²) in [5.74, 6) is -0.204. The van der Waals surface area contributed by atoms with Gasteiger partial charge in [-0.05, 0) is 48.7 Å². The number of terminal acetylenes is 1. The number of amides is 3. The molecule has 1 aliphatic heterocycles. The molecule has 1 saturated carbocycles. The Morgan fingerprint density at radius 3 is 2.48 bits per heavy atom. The van der Waals surface area contributed by atoms with Crippen LogP contribution in [0.15, 0.2) is 42.5 Å². The minimum atomic E-state index is -1.26. The number of nitrogens with two attached hydrogens (primary N) is 1. The number of primary amides is 1. The van der Waals surface area contributed by atoms with Crippen molar-refractivity contribution in [2.75, 3.05) is 11.4 Å². The molecule has 1 spiro atoms. The maximum atomic E-state index is 14.7. The number of hydrogen-bond donors (Lipinski definition) is 1. The van der Waals surface area contributed by atoms with Crippen molar-refractivity contribution in [3.63, 3.8) is 0 Å². The summed E-state index contributed by atoms with van der Waals surface area (Å²) in [7, 11) is 0. The molecule has 8 heteroatoms. The van der Waals surface area contributed by atoms with Crippen LogP contribution in [0, 0.1) is 24.1 Å². The lowest BCUT2D eigenvalue weighted by Crippen LogP contribution is -2.73. The molecule has 2 fully saturated rings. The first-order chi connectivity index (χ1) is 14.7. The number of piperazine rings is 1. The van der Waals surface area contributed by atoms with Gasteiger partial charge in [-0.2, -0.15) is 0 Å². The van der Waals surface area contributed by atoms with Gasteiger partial charge >= 0.3 is 0 Å². The molecule has 2 aromatic rings. The molecule has 0 unspecified atom stereocenters. The quantitative estimate of drug-likeness (QED) is 0.743. The van der Waals surface area contributed by atoms with Crippen molar-refractivity contribution in [2.24, 2.45) is 11.7 Å². The second-order valence-corrected chi connectivity index (χ2v) is 8.28. The van der Waals surface area contributed by atoms with Crippen molar-refractivity contribution in [1.82, 2.24) is 4.90 Å². The maximum absolute atomic E-state index is 14.7. The number of rotatable bonds is 4. The molecule has 2 N–H and O–H groups in total. The topological polar surface area (TPSA) is 83.7 Å². The molecule has 2 aromatic carbocycles. The van der Waals surface area contributed by atoms with Gasteiger partial charge in [0.2, 0.25) is 11.8 Å². The maximum Gasteiger partial charge on any atom is 0.253 e. The van der Waals surface area contributed by atoms with Gasteiger partial charge in [0.25, 0.3) is 5.91 Å². The third-order valence-corrected chi connectivity index (χ3v) is 6.24. The summed E-state index contributed by atoms with van der Waals surface area (Å²) in [6, 6.07) is 11.0. The normalized spacial score (nSPS) is 22.9. The Balaban J connectivity index is 1.70. The van der Waals surface area contributed by atoms with E-state index < -0.39 is 29.1 Å². The lowest BCUT2D eigenvalue weighted by molar-refractivity contribution is -0.164. The highest BCUT2D eigenvalue weighted by atomic mass is 35.5. The summed E-state index contributed by atoms with van der Waals surface area (Å²) in [6.45, 7) is -0.151. The fourth-order valence-electron chi connectivity index (χ4n) is 4.27. The van der Waals surface area contributed by atoms with Crippen LogP contribution in [0.5, 0.6) is 0 Å². The summed E-state index contributed by atoms with van der Waals surface area (Å²) in [5.41, 5.74) is 5.25. The molecule has 0 aromatic heterocycles. The van der Waals surface area contributed by atoms with E-state index in [1.165, 1.54) is 17.0 Å². The Morgan fingerprint density at radius 2 is 1.90 bits per heavy atom. The van der Waals surface area contributed by atoms with E-state index in [-0.39, 0.29) is 37.5 Å². The predicted molar refractivity (Wildman–Crippen MR) is 113 cm³/mol. The van der Waals surface area contributed by atoms with Gasteiger partial charge < -0.3 is 10.6 Å². The predicted octanol–water partition coefficient (Wildman–Crippen LogP) is 2.47. The van der Waals surface area contributed by atoms with E-state index in [2.05, 4.69) is 5.92 Å². The zero-order chi connectivity index (χ0) is 22.3. The summed E-state index contributed by atoms with van der Waals surface area (Å²) in [5, 5.41) is 0.550. The van der Waals surface area contributed by atoms with Gasteiger partial charge in [0.1, 0.15) is 17.9 Å². The molecular weight excluding hydrogens is 421 g/mol. The van der Waals surface area contributed by atoms with E-state index in [4.69, 9.17) is 23.8 Å². The molecule has 0 bridgehead atoms. The molecule has 158 valence electrons. The van der Waals surface area contributed by atoms with Crippen molar-refractivity contribution in [3.8, 4) is 12.3 Å². The fourth-order valence-corrected chi connectivity index (χ4v) is 4.40. The van der Waals surface area contributed by atoms with Crippen molar-refractivity contribution in [3.05, 3.63) is 64.4 Å². The zero-order valence-electron chi connectivity index (χ0n) is 16.5. The highest BCUT2D eigenvalue weighted by Crippen LogP contribution is 2.47. The molecule has 31 heavy (non-hydrogen) atoms. The van der Waals surface area contributed by atoms with Crippen LogP contribution < -0.4 is 10.6 Å². The lowest BCUT2D eigenvalue weighted by Gasteiger charge is -2.56. The Bertz CT molecular complexity index is 1120. The Hall–Kier alpha value is -3.37. The van der Waals surface area contributed by atoms with Crippen LogP contribution in [0.4, 0.5) is 10.1 Å². The summed E-state index contributed by atoms with van der Waals surface area (Å²) in [6.07, 6.45) is 5.50. The van der Waals surface area contributed by atoms with Gasteiger partial charge in [-0.25, -0.2) is 4.39 Å². The molecule has 1 saturated heterocycles. The first-order valence-corrected chi connectivity index (χ1v) is 10.1. The van der Waals surface area contributed by atoms with Gasteiger partial charge in [0.15, 0.2) is 0 Å². The summed E-state index contributed by atoms with van der Waals surface area (Å²) >= 11 is 5.94. The number of anilines is 1. The smallest absolute Gasteiger partial charge is 0.253 e. The van der Waals surface area contributed by atoms with Gasteiger partial charge in [0.05, 0.1) is 5.69 Å². The van der Waals surface area contributed by atoms with E-state index in [9.17, 15) is 18.8 Å². The number of carbonyl (C=O) groups excluding carboxylic acids is 3. The second-order valence-electron chi connectivity index (χ2n) is 7.85. The highest BCUT2D eigenvalue weighted by molar-refractivity contribution is 6.30. The first kappa shape index (κ1) is 20.9. The molecule has 1 heterocycles.